The molecule has 0 bridgehead atoms. The van der Waals surface area contributed by atoms with E-state index in [9.17, 15) is 0 Å². The highest BCUT2D eigenvalue weighted by Gasteiger charge is 2.48. The summed E-state index contributed by atoms with van der Waals surface area (Å²) in [4.78, 5) is 2.64. The maximum Gasteiger partial charge on any atom is 0.333 e. The molecule has 0 aliphatic carbocycles. The maximum absolute atomic E-state index is 2.73. The van der Waals surface area contributed by atoms with Crippen LogP contribution in [0.2, 0.25) is 13.1 Å². The molecule has 0 saturated carbocycles. The van der Waals surface area contributed by atoms with Gasteiger partial charge >= 0.3 is 6.85 Å². The summed E-state index contributed by atoms with van der Waals surface area (Å²) in [6.45, 7) is 5.16. The summed E-state index contributed by atoms with van der Waals surface area (Å²) in [5, 5.41) is 5.77. The van der Waals surface area contributed by atoms with E-state index in [-0.39, 0.29) is 6.85 Å². The van der Waals surface area contributed by atoms with Crippen LogP contribution in [0.5, 0.6) is 0 Å². The molecule has 11 rings (SSSR count). The summed E-state index contributed by atoms with van der Waals surface area (Å²) in [7, 11) is -1.98. The Labute approximate surface area is 266 Å². The molecule has 3 aliphatic heterocycles. The Hall–Kier alpha value is -4.84. The number of para-hydroxylation sites is 3. The molecule has 0 unspecified atom stereocenters. The average Bonchev–Trinajstić information content (AvgIpc) is 3.62. The molecule has 0 N–H and O–H groups in total. The van der Waals surface area contributed by atoms with Gasteiger partial charge in [-0.2, -0.15) is 0 Å². The number of benzene rings is 6. The topological polar surface area (TPSA) is 8.17 Å². The predicted octanol–water partition coefficient (Wildman–Crippen LogP) is 8.23. The van der Waals surface area contributed by atoms with Crippen LogP contribution in [-0.4, -0.2) is 19.4 Å². The Balaban J connectivity index is 1.37. The van der Waals surface area contributed by atoms with Gasteiger partial charge in [0.05, 0.1) is 10.2 Å². The second kappa shape index (κ2) is 8.25. The van der Waals surface area contributed by atoms with Crippen molar-refractivity contribution in [3.63, 3.8) is 0 Å². The summed E-state index contributed by atoms with van der Waals surface area (Å²) >= 11 is 1.94. The first-order valence-corrected chi connectivity index (χ1v) is 19.6. The molecule has 0 atom stereocenters. The van der Waals surface area contributed by atoms with Gasteiger partial charge in [0.25, 0.3) is 0 Å². The van der Waals surface area contributed by atoms with Gasteiger partial charge in [-0.25, -0.2) is 0 Å². The standard InChI is InChI=1S/C40H27BN2SSi/c1-45(2)34-20-9-7-18-31(34)42-32-23-25(24-12-4-3-5-13-24)22-29-26-15-10-16-28-37(26)43(38-27-14-6-8-19-33(27)44-40(28)38)41(36(29)32)30-17-11-21-35(45)39(30)42/h3-23H,1-2H3. The molecule has 0 radical (unpaired) electrons. The van der Waals surface area contributed by atoms with Crippen molar-refractivity contribution >= 4 is 95.8 Å². The fourth-order valence-electron chi connectivity index (χ4n) is 8.83. The lowest BCUT2D eigenvalue weighted by molar-refractivity contribution is 1.26. The van der Waals surface area contributed by atoms with Crippen molar-refractivity contribution < 1.29 is 0 Å². The Morgan fingerprint density at radius 1 is 0.600 bits per heavy atom. The highest BCUT2D eigenvalue weighted by atomic mass is 32.1. The minimum absolute atomic E-state index is 0.0917. The molecule has 3 aliphatic rings. The smallest absolute Gasteiger partial charge is 0.333 e. The van der Waals surface area contributed by atoms with Gasteiger partial charge in [0.2, 0.25) is 0 Å². The van der Waals surface area contributed by atoms with Crippen LogP contribution in [-0.2, 0) is 0 Å². The molecule has 0 spiro atoms. The number of hydrogen-bond acceptors (Lipinski definition) is 2. The van der Waals surface area contributed by atoms with E-state index in [1.165, 1.54) is 91.8 Å². The lowest BCUT2D eigenvalue weighted by Crippen LogP contribution is -2.65. The maximum atomic E-state index is 2.73. The quantitative estimate of drug-likeness (QED) is 0.171. The first-order valence-electron chi connectivity index (χ1n) is 15.8. The van der Waals surface area contributed by atoms with Crippen molar-refractivity contribution in [2.45, 2.75) is 13.1 Å². The predicted molar refractivity (Wildman–Crippen MR) is 198 cm³/mol. The van der Waals surface area contributed by atoms with E-state index in [0.717, 1.165) is 0 Å². The van der Waals surface area contributed by atoms with Crippen LogP contribution in [0.4, 0.5) is 17.1 Å². The van der Waals surface area contributed by atoms with Crippen molar-refractivity contribution in [1.29, 1.82) is 0 Å². The molecule has 8 aromatic rings. The van der Waals surface area contributed by atoms with Gasteiger partial charge in [0.15, 0.2) is 0 Å². The Morgan fingerprint density at radius 2 is 1.36 bits per heavy atom. The Bertz CT molecular complexity index is 2600. The molecular weight excluding hydrogens is 579 g/mol. The van der Waals surface area contributed by atoms with Crippen LogP contribution >= 0.6 is 11.3 Å². The summed E-state index contributed by atoms with van der Waals surface area (Å²) in [6.07, 6.45) is 0. The molecule has 0 fully saturated rings. The van der Waals surface area contributed by atoms with Gasteiger partial charge in [-0.3, -0.25) is 0 Å². The number of thiophene rings is 1. The van der Waals surface area contributed by atoms with Crippen LogP contribution in [0.25, 0.3) is 53.5 Å². The Kier molecular flexibility index (Phi) is 4.49. The normalized spacial score (nSPS) is 15.0. The minimum Gasteiger partial charge on any atom is -0.374 e. The number of anilines is 3. The number of fused-ring (bicyclic) bond motifs is 11. The van der Waals surface area contributed by atoms with Crippen molar-refractivity contribution in [1.82, 2.24) is 4.48 Å². The SMILES string of the molecule is C[Si]1(C)c2ccccc2N2c3cc(-c4ccccc4)cc4c3B(c3cccc1c32)n1c2c-4cccc2c2sc3ccccc3c21. The fourth-order valence-corrected chi connectivity index (χ4v) is 13.1. The molecule has 5 heterocycles. The summed E-state index contributed by atoms with van der Waals surface area (Å²) in [5.41, 5.74) is 14.9. The summed E-state index contributed by atoms with van der Waals surface area (Å²) in [5.74, 6) is 0. The van der Waals surface area contributed by atoms with E-state index in [0.29, 0.717) is 0 Å². The van der Waals surface area contributed by atoms with Gasteiger partial charge in [0.1, 0.15) is 8.07 Å². The van der Waals surface area contributed by atoms with E-state index in [1.54, 1.807) is 0 Å². The third-order valence-electron chi connectivity index (χ3n) is 10.7. The van der Waals surface area contributed by atoms with Crippen molar-refractivity contribution in [3.05, 3.63) is 127 Å². The van der Waals surface area contributed by atoms with Crippen LogP contribution in [0.15, 0.2) is 127 Å². The van der Waals surface area contributed by atoms with Crippen molar-refractivity contribution in [2.24, 2.45) is 0 Å². The van der Waals surface area contributed by atoms with Gasteiger partial charge in [-0.15, -0.1) is 11.3 Å². The van der Waals surface area contributed by atoms with E-state index in [4.69, 9.17) is 0 Å². The highest BCUT2D eigenvalue weighted by Crippen LogP contribution is 2.49. The molecule has 45 heavy (non-hydrogen) atoms. The summed E-state index contributed by atoms with van der Waals surface area (Å²) < 4.78 is 5.49. The van der Waals surface area contributed by atoms with Crippen LogP contribution < -0.4 is 26.2 Å². The van der Waals surface area contributed by atoms with Crippen molar-refractivity contribution in [2.75, 3.05) is 4.90 Å². The molecule has 210 valence electrons. The largest absolute Gasteiger partial charge is 0.374 e. The fraction of sp³-hybridized carbons (Fsp3) is 0.0500. The summed E-state index contributed by atoms with van der Waals surface area (Å²) in [6, 6.07) is 48.3. The third-order valence-corrected chi connectivity index (χ3v) is 15.4. The van der Waals surface area contributed by atoms with Gasteiger partial charge in [0, 0.05) is 43.6 Å². The lowest BCUT2D eigenvalue weighted by Gasteiger charge is -2.47. The number of hydrogen-bond donors (Lipinski definition) is 0. The van der Waals surface area contributed by atoms with E-state index >= 15 is 0 Å². The highest BCUT2D eigenvalue weighted by molar-refractivity contribution is 7.27. The first-order chi connectivity index (χ1) is 22.1. The number of nitrogens with zero attached hydrogens (tertiary/aromatic N) is 2. The zero-order valence-electron chi connectivity index (χ0n) is 25.0. The molecule has 0 amide bonds. The lowest BCUT2D eigenvalue weighted by atomic mass is 9.45. The zero-order valence-corrected chi connectivity index (χ0v) is 26.8. The van der Waals surface area contributed by atoms with E-state index < -0.39 is 8.07 Å². The zero-order chi connectivity index (χ0) is 29.6. The molecule has 2 nitrogen and oxygen atoms in total. The molecular formula is C40H27BN2SSi. The van der Waals surface area contributed by atoms with Crippen LogP contribution in [0, 0.1) is 0 Å². The van der Waals surface area contributed by atoms with Crippen LogP contribution in [0.3, 0.4) is 0 Å². The van der Waals surface area contributed by atoms with Gasteiger partial charge in [-0.05, 0) is 62.3 Å². The molecule has 2 aromatic heterocycles. The van der Waals surface area contributed by atoms with E-state index in [2.05, 4.69) is 150 Å². The first kappa shape index (κ1) is 24.5. The second-order valence-corrected chi connectivity index (χ2v) is 18.7. The van der Waals surface area contributed by atoms with Gasteiger partial charge in [-0.1, -0.05) is 116 Å². The second-order valence-electron chi connectivity index (χ2n) is 13.3. The monoisotopic (exact) mass is 606 g/mol. The van der Waals surface area contributed by atoms with Crippen LogP contribution in [0.1, 0.15) is 0 Å². The third kappa shape index (κ3) is 2.87. The average molecular weight is 607 g/mol. The Morgan fingerprint density at radius 3 is 2.27 bits per heavy atom. The van der Waals surface area contributed by atoms with Crippen molar-refractivity contribution in [3.8, 4) is 22.3 Å². The number of rotatable bonds is 1. The van der Waals surface area contributed by atoms with E-state index in [1.807, 2.05) is 11.3 Å². The molecule has 6 aromatic carbocycles. The minimum atomic E-state index is -1.98. The van der Waals surface area contributed by atoms with Gasteiger partial charge < -0.3 is 9.38 Å². The molecule has 0 saturated heterocycles. The molecule has 5 heteroatoms. The number of aromatic nitrogens is 1.